The van der Waals surface area contributed by atoms with Crippen LogP contribution >= 0.6 is 0 Å². The van der Waals surface area contributed by atoms with Gasteiger partial charge < -0.3 is 0 Å². The van der Waals surface area contributed by atoms with Crippen molar-refractivity contribution < 1.29 is 4.79 Å². The minimum atomic E-state index is -0.329. The Hall–Kier alpha value is -2.93. The first-order valence-corrected chi connectivity index (χ1v) is 9.64. The number of rotatable bonds is 8. The first-order valence-electron chi connectivity index (χ1n) is 9.64. The minimum absolute atomic E-state index is 0.329. The normalized spacial score (nSPS) is 12.0. The van der Waals surface area contributed by atoms with E-state index >= 15 is 0 Å². The molecule has 0 N–H and O–H groups in total. The van der Waals surface area contributed by atoms with Crippen molar-refractivity contribution in [1.29, 1.82) is 0 Å². The van der Waals surface area contributed by atoms with Crippen LogP contribution in [-0.4, -0.2) is 6.29 Å². The molecule has 3 rings (SSSR count). The smallest absolute Gasteiger partial charge is 0.150 e. The number of unbranched alkanes of at least 4 members (excludes halogenated alkanes) is 1. The highest BCUT2D eigenvalue weighted by Gasteiger charge is 2.32. The van der Waals surface area contributed by atoms with Crippen LogP contribution in [0.5, 0.6) is 0 Å². The summed E-state index contributed by atoms with van der Waals surface area (Å²) in [6.45, 7) is 2.21. The molecule has 0 atom stereocenters. The highest BCUT2D eigenvalue weighted by atomic mass is 16.1. The standard InChI is InChI=1S/C26H26O/c1-2-3-19-26(24-15-9-5-10-16-24,25-17-11-6-12-18-25)20-23(21-27)22-13-7-4-8-14-22/h4-18,20-21H,2-3,19H2,1H3/b23-20-. The predicted octanol–water partition coefficient (Wildman–Crippen LogP) is 6.45. The number of carbonyl (C=O) groups excluding carboxylic acids is 1. The summed E-state index contributed by atoms with van der Waals surface area (Å²) in [7, 11) is 0. The molecule has 0 fully saturated rings. The highest BCUT2D eigenvalue weighted by molar-refractivity contribution is 6.07. The number of carbonyl (C=O) groups is 1. The molecule has 0 aliphatic heterocycles. The Labute approximate surface area is 162 Å². The summed E-state index contributed by atoms with van der Waals surface area (Å²) in [4.78, 5) is 12.1. The van der Waals surface area contributed by atoms with E-state index in [0.717, 1.165) is 36.7 Å². The zero-order valence-corrected chi connectivity index (χ0v) is 15.8. The minimum Gasteiger partial charge on any atom is -0.298 e. The van der Waals surface area contributed by atoms with Crippen molar-refractivity contribution in [2.24, 2.45) is 0 Å². The zero-order valence-electron chi connectivity index (χ0n) is 15.8. The van der Waals surface area contributed by atoms with Crippen molar-refractivity contribution in [2.45, 2.75) is 31.6 Å². The fourth-order valence-electron chi connectivity index (χ4n) is 3.70. The van der Waals surface area contributed by atoms with Gasteiger partial charge in [0.2, 0.25) is 0 Å². The van der Waals surface area contributed by atoms with Gasteiger partial charge in [-0.25, -0.2) is 0 Å². The van der Waals surface area contributed by atoms with Crippen LogP contribution in [-0.2, 0) is 10.2 Å². The van der Waals surface area contributed by atoms with E-state index in [-0.39, 0.29) is 5.41 Å². The Balaban J connectivity index is 2.25. The Morgan fingerprint density at radius 1 is 0.778 bits per heavy atom. The van der Waals surface area contributed by atoms with E-state index in [2.05, 4.69) is 61.5 Å². The third kappa shape index (κ3) is 4.25. The van der Waals surface area contributed by atoms with Crippen molar-refractivity contribution in [3.8, 4) is 0 Å². The quantitative estimate of drug-likeness (QED) is 0.336. The van der Waals surface area contributed by atoms with Crippen LogP contribution in [0.25, 0.3) is 5.57 Å². The van der Waals surface area contributed by atoms with Crippen molar-refractivity contribution in [3.63, 3.8) is 0 Å². The maximum absolute atomic E-state index is 12.1. The van der Waals surface area contributed by atoms with Gasteiger partial charge in [0.25, 0.3) is 0 Å². The second-order valence-electron chi connectivity index (χ2n) is 6.89. The molecule has 0 aromatic heterocycles. The molecular weight excluding hydrogens is 328 g/mol. The largest absolute Gasteiger partial charge is 0.298 e. The van der Waals surface area contributed by atoms with Crippen LogP contribution in [0.2, 0.25) is 0 Å². The first-order chi connectivity index (χ1) is 13.3. The van der Waals surface area contributed by atoms with Crippen LogP contribution in [0.3, 0.4) is 0 Å². The topological polar surface area (TPSA) is 17.1 Å². The molecule has 3 aromatic carbocycles. The van der Waals surface area contributed by atoms with Gasteiger partial charge in [-0.05, 0) is 23.1 Å². The summed E-state index contributed by atoms with van der Waals surface area (Å²) >= 11 is 0. The molecule has 0 amide bonds. The molecular formula is C26H26O. The summed E-state index contributed by atoms with van der Waals surface area (Å²) in [5.74, 6) is 0. The second kappa shape index (κ2) is 9.14. The molecule has 1 nitrogen and oxygen atoms in total. The van der Waals surface area contributed by atoms with E-state index in [1.54, 1.807) is 0 Å². The lowest BCUT2D eigenvalue weighted by Crippen LogP contribution is -2.26. The van der Waals surface area contributed by atoms with Crippen LogP contribution in [0.1, 0.15) is 42.9 Å². The summed E-state index contributed by atoms with van der Waals surface area (Å²) in [5.41, 5.74) is 3.81. The van der Waals surface area contributed by atoms with Gasteiger partial charge in [-0.2, -0.15) is 0 Å². The molecule has 0 bridgehead atoms. The number of aldehydes is 1. The number of allylic oxidation sites excluding steroid dienone is 2. The van der Waals surface area contributed by atoms with Crippen molar-refractivity contribution in [3.05, 3.63) is 114 Å². The maximum Gasteiger partial charge on any atom is 0.150 e. The molecule has 0 radical (unpaired) electrons. The van der Waals surface area contributed by atoms with Gasteiger partial charge >= 0.3 is 0 Å². The van der Waals surface area contributed by atoms with Gasteiger partial charge in [0.1, 0.15) is 6.29 Å². The summed E-state index contributed by atoms with van der Waals surface area (Å²) in [6.07, 6.45) is 6.32. The molecule has 0 heterocycles. The van der Waals surface area contributed by atoms with Crippen LogP contribution in [0.15, 0.2) is 97.1 Å². The van der Waals surface area contributed by atoms with Crippen LogP contribution in [0.4, 0.5) is 0 Å². The summed E-state index contributed by atoms with van der Waals surface area (Å²) in [6, 6.07) is 31.0. The second-order valence-corrected chi connectivity index (χ2v) is 6.89. The lowest BCUT2D eigenvalue weighted by atomic mass is 9.69. The van der Waals surface area contributed by atoms with E-state index in [1.165, 1.54) is 11.1 Å². The summed E-state index contributed by atoms with van der Waals surface area (Å²) < 4.78 is 0. The lowest BCUT2D eigenvalue weighted by molar-refractivity contribution is -0.103. The van der Waals surface area contributed by atoms with Crippen molar-refractivity contribution in [2.75, 3.05) is 0 Å². The third-order valence-electron chi connectivity index (χ3n) is 5.14. The molecule has 3 aromatic rings. The highest BCUT2D eigenvalue weighted by Crippen LogP contribution is 2.40. The average molecular weight is 354 g/mol. The van der Waals surface area contributed by atoms with Gasteiger partial charge in [0, 0.05) is 11.0 Å². The molecule has 0 spiro atoms. The third-order valence-corrected chi connectivity index (χ3v) is 5.14. The number of hydrogen-bond donors (Lipinski definition) is 0. The Morgan fingerprint density at radius 2 is 1.26 bits per heavy atom. The SMILES string of the molecule is CCCCC(/C=C(/C=O)c1ccccc1)(c1ccccc1)c1ccccc1. The van der Waals surface area contributed by atoms with Gasteiger partial charge in [-0.3, -0.25) is 4.79 Å². The van der Waals surface area contributed by atoms with Crippen LogP contribution < -0.4 is 0 Å². The summed E-state index contributed by atoms with van der Waals surface area (Å²) in [5, 5.41) is 0. The molecule has 0 saturated heterocycles. The molecule has 0 unspecified atom stereocenters. The first kappa shape index (κ1) is 18.8. The average Bonchev–Trinajstić information content (AvgIpc) is 2.76. The Morgan fingerprint density at radius 3 is 1.70 bits per heavy atom. The van der Waals surface area contributed by atoms with Crippen molar-refractivity contribution in [1.82, 2.24) is 0 Å². The maximum atomic E-state index is 12.1. The Bertz CT molecular complexity index is 824. The molecule has 136 valence electrons. The monoisotopic (exact) mass is 354 g/mol. The number of benzene rings is 3. The van der Waals surface area contributed by atoms with E-state index < -0.39 is 0 Å². The van der Waals surface area contributed by atoms with Crippen LogP contribution in [0, 0.1) is 0 Å². The Kier molecular flexibility index (Phi) is 6.38. The van der Waals surface area contributed by atoms with E-state index in [1.807, 2.05) is 42.5 Å². The van der Waals surface area contributed by atoms with Gasteiger partial charge in [-0.15, -0.1) is 0 Å². The van der Waals surface area contributed by atoms with E-state index in [9.17, 15) is 4.79 Å². The van der Waals surface area contributed by atoms with Gasteiger partial charge in [-0.1, -0.05) is 117 Å². The van der Waals surface area contributed by atoms with Gasteiger partial charge in [0.15, 0.2) is 0 Å². The zero-order chi connectivity index (χ0) is 19.0. The predicted molar refractivity (Wildman–Crippen MR) is 114 cm³/mol. The van der Waals surface area contributed by atoms with Gasteiger partial charge in [0.05, 0.1) is 0 Å². The molecule has 27 heavy (non-hydrogen) atoms. The lowest BCUT2D eigenvalue weighted by Gasteiger charge is -2.33. The van der Waals surface area contributed by atoms with Crippen molar-refractivity contribution >= 4 is 11.9 Å². The van der Waals surface area contributed by atoms with E-state index in [4.69, 9.17) is 0 Å². The fraction of sp³-hybridized carbons (Fsp3) is 0.192. The molecule has 0 saturated carbocycles. The van der Waals surface area contributed by atoms with E-state index in [0.29, 0.717) is 0 Å². The molecule has 0 aliphatic rings. The number of hydrogen-bond acceptors (Lipinski definition) is 1. The molecule has 1 heteroatoms. The fourth-order valence-corrected chi connectivity index (χ4v) is 3.70. The molecule has 0 aliphatic carbocycles.